The maximum absolute atomic E-state index is 12.2. The average molecular weight is 296 g/mol. The number of hydrogen-bond donors (Lipinski definition) is 0. The van der Waals surface area contributed by atoms with E-state index >= 15 is 0 Å². The highest BCUT2D eigenvalue weighted by molar-refractivity contribution is 5.72. The lowest BCUT2D eigenvalue weighted by Gasteiger charge is -2.11. The van der Waals surface area contributed by atoms with Crippen molar-refractivity contribution in [3.63, 3.8) is 0 Å². The van der Waals surface area contributed by atoms with Crippen LogP contribution in [0.3, 0.4) is 0 Å². The molecule has 0 aliphatic carbocycles. The van der Waals surface area contributed by atoms with Crippen LogP contribution in [0.2, 0.25) is 0 Å². The Hall–Kier alpha value is -2.49. The zero-order chi connectivity index (χ0) is 15.9. The third-order valence-electron chi connectivity index (χ3n) is 3.27. The van der Waals surface area contributed by atoms with Crippen molar-refractivity contribution in [3.05, 3.63) is 31.0 Å². The number of fused-ring (bicyclic) bond motifs is 1. The van der Waals surface area contributed by atoms with Crippen molar-refractivity contribution in [2.24, 2.45) is 14.1 Å². The molecule has 21 heavy (non-hydrogen) atoms. The summed E-state index contributed by atoms with van der Waals surface area (Å²) in [6, 6.07) is 0. The maximum Gasteiger partial charge on any atom is 0.437 e. The van der Waals surface area contributed by atoms with Crippen LogP contribution in [0, 0.1) is 10.1 Å². The van der Waals surface area contributed by atoms with E-state index in [0.29, 0.717) is 6.54 Å². The first-order chi connectivity index (χ1) is 9.75. The van der Waals surface area contributed by atoms with Crippen molar-refractivity contribution in [1.82, 2.24) is 23.6 Å². The molecule has 2 aromatic heterocycles. The highest BCUT2D eigenvalue weighted by Gasteiger charge is 2.26. The molecule has 0 radical (unpaired) electrons. The van der Waals surface area contributed by atoms with Gasteiger partial charge in [0, 0.05) is 20.1 Å². The van der Waals surface area contributed by atoms with Crippen molar-refractivity contribution in [3.8, 4) is 0 Å². The number of imidazole rings is 1. The van der Waals surface area contributed by atoms with Crippen LogP contribution in [0.1, 0.15) is 0 Å². The molecular weight excluding hydrogens is 280 g/mol. The number of aromatic nitrogens is 4. The topological polar surface area (TPSA) is 108 Å². The van der Waals surface area contributed by atoms with Crippen molar-refractivity contribution < 1.29 is 4.92 Å². The van der Waals surface area contributed by atoms with E-state index in [4.69, 9.17) is 0 Å². The summed E-state index contributed by atoms with van der Waals surface area (Å²) in [6.45, 7) is 0.822. The summed E-state index contributed by atoms with van der Waals surface area (Å²) in [7, 11) is 6.40. The Kier molecular flexibility index (Phi) is 3.64. The third-order valence-corrected chi connectivity index (χ3v) is 3.27. The van der Waals surface area contributed by atoms with Crippen LogP contribution in [0.15, 0.2) is 9.59 Å². The van der Waals surface area contributed by atoms with Gasteiger partial charge in [0.15, 0.2) is 0 Å². The second-order valence-corrected chi connectivity index (χ2v) is 5.00. The summed E-state index contributed by atoms with van der Waals surface area (Å²) >= 11 is 0. The van der Waals surface area contributed by atoms with Crippen LogP contribution in [-0.4, -0.2) is 49.1 Å². The fourth-order valence-corrected chi connectivity index (χ4v) is 2.08. The first kappa shape index (κ1) is 14.9. The third kappa shape index (κ3) is 2.33. The van der Waals surface area contributed by atoms with E-state index in [2.05, 4.69) is 4.98 Å². The fraction of sp³-hybridized carbons (Fsp3) is 0.545. The lowest BCUT2D eigenvalue weighted by Crippen LogP contribution is -2.40. The molecule has 0 saturated carbocycles. The van der Waals surface area contributed by atoms with Gasteiger partial charge in [0.1, 0.15) is 0 Å². The molecule has 0 saturated heterocycles. The van der Waals surface area contributed by atoms with Crippen LogP contribution >= 0.6 is 0 Å². The number of likely N-dealkylation sites (N-methyl/N-ethyl adjacent to an activating group) is 1. The SMILES string of the molecule is CN(C)CCn1c(=O)n(C)c(=O)c2c1nc([N+](=O)[O-])n2C. The summed E-state index contributed by atoms with van der Waals surface area (Å²) < 4.78 is 3.32. The lowest BCUT2D eigenvalue weighted by atomic mass is 10.4. The highest BCUT2D eigenvalue weighted by Crippen LogP contribution is 2.15. The summed E-state index contributed by atoms with van der Waals surface area (Å²) in [4.78, 5) is 40.3. The summed E-state index contributed by atoms with van der Waals surface area (Å²) in [5.74, 6) is -0.466. The normalized spacial score (nSPS) is 11.5. The van der Waals surface area contributed by atoms with Crippen LogP contribution < -0.4 is 11.2 Å². The first-order valence-corrected chi connectivity index (χ1v) is 6.21. The Morgan fingerprint density at radius 2 is 1.86 bits per heavy atom. The number of nitrogens with zero attached hydrogens (tertiary/aromatic N) is 6. The van der Waals surface area contributed by atoms with Crippen molar-refractivity contribution >= 4 is 17.1 Å². The van der Waals surface area contributed by atoms with E-state index in [-0.39, 0.29) is 17.7 Å². The van der Waals surface area contributed by atoms with Gasteiger partial charge in [0.05, 0.1) is 7.05 Å². The van der Waals surface area contributed by atoms with Gasteiger partial charge < -0.3 is 15.0 Å². The molecule has 0 aliphatic rings. The predicted octanol–water partition coefficient (Wildman–Crippen LogP) is -1.10. The summed E-state index contributed by atoms with van der Waals surface area (Å²) in [5.41, 5.74) is -1.05. The zero-order valence-electron chi connectivity index (χ0n) is 12.2. The lowest BCUT2D eigenvalue weighted by molar-refractivity contribution is -0.396. The van der Waals surface area contributed by atoms with Gasteiger partial charge in [-0.25, -0.2) is 9.36 Å². The molecule has 0 bridgehead atoms. The van der Waals surface area contributed by atoms with Gasteiger partial charge in [-0.2, -0.15) is 0 Å². The van der Waals surface area contributed by atoms with Gasteiger partial charge in [0.25, 0.3) is 11.2 Å². The Morgan fingerprint density at radius 1 is 1.24 bits per heavy atom. The molecule has 2 rings (SSSR count). The predicted molar refractivity (Wildman–Crippen MR) is 75.4 cm³/mol. The Labute approximate surface area is 119 Å². The van der Waals surface area contributed by atoms with E-state index in [1.54, 1.807) is 0 Å². The molecule has 0 atom stereocenters. The largest absolute Gasteiger partial charge is 0.437 e. The van der Waals surface area contributed by atoms with E-state index in [1.165, 1.54) is 18.7 Å². The van der Waals surface area contributed by atoms with Crippen LogP contribution in [-0.2, 0) is 20.6 Å². The number of hydrogen-bond acceptors (Lipinski definition) is 6. The van der Waals surface area contributed by atoms with E-state index < -0.39 is 22.1 Å². The molecule has 0 unspecified atom stereocenters. The Bertz CT molecular complexity index is 828. The Balaban J connectivity index is 2.84. The minimum absolute atomic E-state index is 0.0409. The molecule has 10 nitrogen and oxygen atoms in total. The van der Waals surface area contributed by atoms with Crippen molar-refractivity contribution in [2.45, 2.75) is 6.54 Å². The molecule has 114 valence electrons. The van der Waals surface area contributed by atoms with Crippen LogP contribution in [0.25, 0.3) is 11.2 Å². The van der Waals surface area contributed by atoms with Gasteiger partial charge in [-0.05, 0) is 24.0 Å². The second-order valence-electron chi connectivity index (χ2n) is 5.00. The summed E-state index contributed by atoms with van der Waals surface area (Å²) in [6.07, 6.45) is 0. The quantitative estimate of drug-likeness (QED) is 0.523. The molecule has 2 aromatic rings. The molecule has 0 amide bonds. The molecule has 2 heterocycles. The van der Waals surface area contributed by atoms with E-state index in [1.807, 2.05) is 19.0 Å². The molecule has 0 N–H and O–H groups in total. The molecule has 10 heteroatoms. The molecule has 0 spiro atoms. The smallest absolute Gasteiger partial charge is 0.390 e. The second kappa shape index (κ2) is 5.13. The van der Waals surface area contributed by atoms with Gasteiger partial charge in [-0.15, -0.1) is 0 Å². The van der Waals surface area contributed by atoms with Crippen LogP contribution in [0.5, 0.6) is 0 Å². The number of rotatable bonds is 4. The molecule has 0 aromatic carbocycles. The number of nitro groups is 1. The standard InChI is InChI=1S/C11H16N6O4/c1-13(2)5-6-16-8-7(9(18)15(4)11(16)19)14(3)10(12-8)17(20)21/h5-6H2,1-4H3. The average Bonchev–Trinajstić information content (AvgIpc) is 2.73. The van der Waals surface area contributed by atoms with Crippen molar-refractivity contribution in [2.75, 3.05) is 20.6 Å². The molecule has 0 fully saturated rings. The highest BCUT2D eigenvalue weighted by atomic mass is 16.6. The van der Waals surface area contributed by atoms with Crippen LogP contribution in [0.4, 0.5) is 5.95 Å². The van der Waals surface area contributed by atoms with E-state index in [9.17, 15) is 19.7 Å². The minimum Gasteiger partial charge on any atom is -0.390 e. The van der Waals surface area contributed by atoms with Gasteiger partial charge in [-0.1, -0.05) is 0 Å². The monoisotopic (exact) mass is 296 g/mol. The maximum atomic E-state index is 12.2. The van der Waals surface area contributed by atoms with Gasteiger partial charge in [-0.3, -0.25) is 13.9 Å². The van der Waals surface area contributed by atoms with Gasteiger partial charge >= 0.3 is 11.6 Å². The summed E-state index contributed by atoms with van der Waals surface area (Å²) in [5, 5.41) is 11.0. The van der Waals surface area contributed by atoms with Gasteiger partial charge in [0.2, 0.25) is 5.52 Å². The minimum atomic E-state index is -0.680. The fourth-order valence-electron chi connectivity index (χ4n) is 2.08. The number of aryl methyl sites for hydroxylation is 1. The Morgan fingerprint density at radius 3 is 2.38 bits per heavy atom. The first-order valence-electron chi connectivity index (χ1n) is 6.21. The van der Waals surface area contributed by atoms with E-state index in [0.717, 1.165) is 9.13 Å². The molecular formula is C11H16N6O4. The van der Waals surface area contributed by atoms with Crippen molar-refractivity contribution in [1.29, 1.82) is 0 Å². The zero-order valence-corrected chi connectivity index (χ0v) is 12.2. The molecule has 0 aliphatic heterocycles.